The van der Waals surface area contributed by atoms with Crippen LogP contribution in [0, 0.1) is 11.2 Å². The largest absolute Gasteiger partial charge is 0.340 e. The molecule has 1 radical (unpaired) electrons. The molecule has 7 nitrogen and oxygen atoms in total. The summed E-state index contributed by atoms with van der Waals surface area (Å²) >= 11 is 0. The average molecular weight is 318 g/mol. The molecule has 2 heterocycles. The number of hydrogen-bond acceptors (Lipinski definition) is 6. The molecule has 0 aliphatic heterocycles. The SMILES string of the molecule is N#C[B]C(Cc1cn(C=O)cn1)c1nc(Cc2ccccc2)no1. The van der Waals surface area contributed by atoms with Crippen LogP contribution in [0.4, 0.5) is 0 Å². The third-order valence-electron chi connectivity index (χ3n) is 3.49. The molecule has 3 rings (SSSR count). The topological polar surface area (TPSA) is 97.6 Å². The van der Waals surface area contributed by atoms with Crippen LogP contribution >= 0.6 is 0 Å². The van der Waals surface area contributed by atoms with Crippen LogP contribution in [0.1, 0.15) is 28.8 Å². The molecule has 24 heavy (non-hydrogen) atoms. The molecular weight excluding hydrogens is 305 g/mol. The highest BCUT2D eigenvalue weighted by atomic mass is 16.5. The number of nitriles is 1. The Morgan fingerprint density at radius 2 is 2.21 bits per heavy atom. The standard InChI is InChI=1S/C16H13BN5O2/c18-9-17-14(7-13-8-22(11-23)10-19-13)16-20-15(21-24-16)6-12-4-2-1-3-5-12/h1-5,8,10-11,14H,6-7H2. The molecule has 0 bridgehead atoms. The van der Waals surface area contributed by atoms with Gasteiger partial charge in [-0.05, 0) is 18.0 Å². The lowest BCUT2D eigenvalue weighted by Gasteiger charge is -2.04. The number of nitrogens with zero attached hydrogens (tertiary/aromatic N) is 5. The normalized spacial score (nSPS) is 11.6. The van der Waals surface area contributed by atoms with Gasteiger partial charge >= 0.3 is 0 Å². The molecule has 3 aromatic rings. The van der Waals surface area contributed by atoms with Crippen LogP contribution in [0.25, 0.3) is 0 Å². The number of carbonyl (C=O) groups is 1. The maximum atomic E-state index is 10.7. The van der Waals surface area contributed by atoms with E-state index in [-0.39, 0.29) is 5.82 Å². The predicted molar refractivity (Wildman–Crippen MR) is 85.7 cm³/mol. The molecule has 1 unspecified atom stereocenters. The summed E-state index contributed by atoms with van der Waals surface area (Å²) in [6, 6.07) is 9.82. The zero-order chi connectivity index (χ0) is 16.8. The molecule has 117 valence electrons. The Morgan fingerprint density at radius 1 is 1.38 bits per heavy atom. The van der Waals surface area contributed by atoms with Gasteiger partial charge in [0.2, 0.25) is 12.3 Å². The monoisotopic (exact) mass is 318 g/mol. The van der Waals surface area contributed by atoms with Crippen molar-refractivity contribution in [2.45, 2.75) is 18.7 Å². The van der Waals surface area contributed by atoms with Gasteiger partial charge in [-0.15, -0.1) is 0 Å². The summed E-state index contributed by atoms with van der Waals surface area (Å²) in [7, 11) is 1.43. The molecule has 1 atom stereocenters. The number of benzene rings is 1. The molecule has 0 N–H and O–H groups in total. The van der Waals surface area contributed by atoms with E-state index in [1.54, 1.807) is 6.20 Å². The Labute approximate surface area is 139 Å². The van der Waals surface area contributed by atoms with Gasteiger partial charge < -0.3 is 4.52 Å². The molecule has 0 saturated heterocycles. The summed E-state index contributed by atoms with van der Waals surface area (Å²) in [4.78, 5) is 19.2. The van der Waals surface area contributed by atoms with E-state index in [4.69, 9.17) is 9.78 Å². The second kappa shape index (κ2) is 7.37. The Kier molecular flexibility index (Phi) is 4.82. The van der Waals surface area contributed by atoms with E-state index in [1.807, 2.05) is 36.3 Å². The van der Waals surface area contributed by atoms with Gasteiger partial charge in [0.25, 0.3) is 7.28 Å². The summed E-state index contributed by atoms with van der Waals surface area (Å²) in [6.45, 7) is 0. The summed E-state index contributed by atoms with van der Waals surface area (Å²) in [5, 5.41) is 13.0. The minimum absolute atomic E-state index is 0.364. The highest BCUT2D eigenvalue weighted by Gasteiger charge is 2.22. The molecule has 1 aromatic carbocycles. The van der Waals surface area contributed by atoms with Crippen molar-refractivity contribution in [1.29, 1.82) is 5.26 Å². The van der Waals surface area contributed by atoms with Crippen LogP contribution in [0.15, 0.2) is 47.4 Å². The number of imidazole rings is 1. The van der Waals surface area contributed by atoms with Gasteiger partial charge in [-0.1, -0.05) is 35.5 Å². The van der Waals surface area contributed by atoms with Gasteiger partial charge in [0.05, 0.1) is 5.69 Å². The van der Waals surface area contributed by atoms with Gasteiger partial charge in [0.1, 0.15) is 6.33 Å². The molecule has 0 saturated carbocycles. The van der Waals surface area contributed by atoms with Crippen LogP contribution in [0.5, 0.6) is 0 Å². The van der Waals surface area contributed by atoms with E-state index >= 15 is 0 Å². The number of carbonyl (C=O) groups excluding carboxylic acids is 1. The number of hydrogen-bond donors (Lipinski definition) is 0. The fraction of sp³-hybridized carbons (Fsp3) is 0.188. The Bertz CT molecular complexity index is 853. The third kappa shape index (κ3) is 3.76. The highest BCUT2D eigenvalue weighted by molar-refractivity contribution is 6.46. The molecular formula is C16H13BN5O2. The lowest BCUT2D eigenvalue weighted by molar-refractivity contribution is 0.369. The van der Waals surface area contributed by atoms with E-state index in [9.17, 15) is 4.79 Å². The van der Waals surface area contributed by atoms with E-state index in [2.05, 4.69) is 15.1 Å². The van der Waals surface area contributed by atoms with Crippen molar-refractivity contribution in [3.8, 4) is 5.97 Å². The van der Waals surface area contributed by atoms with Gasteiger partial charge in [0, 0.05) is 18.4 Å². The van der Waals surface area contributed by atoms with Crippen LogP contribution < -0.4 is 0 Å². The quantitative estimate of drug-likeness (QED) is 0.482. The van der Waals surface area contributed by atoms with Crippen LogP contribution in [0.2, 0.25) is 0 Å². The summed E-state index contributed by atoms with van der Waals surface area (Å²) in [5.41, 5.74) is 1.75. The summed E-state index contributed by atoms with van der Waals surface area (Å²) in [5.74, 6) is 2.56. The number of rotatable bonds is 7. The first kappa shape index (κ1) is 15.7. The number of aromatic nitrogens is 4. The zero-order valence-corrected chi connectivity index (χ0v) is 12.7. The van der Waals surface area contributed by atoms with E-state index in [0.717, 1.165) is 5.56 Å². The fourth-order valence-corrected chi connectivity index (χ4v) is 2.34. The van der Waals surface area contributed by atoms with Crippen molar-refractivity contribution in [1.82, 2.24) is 19.7 Å². The van der Waals surface area contributed by atoms with Crippen LogP contribution in [0.3, 0.4) is 0 Å². The molecule has 8 heteroatoms. The van der Waals surface area contributed by atoms with Crippen molar-refractivity contribution in [2.75, 3.05) is 0 Å². The minimum atomic E-state index is -0.373. The molecule has 0 fully saturated rings. The third-order valence-corrected chi connectivity index (χ3v) is 3.49. The zero-order valence-electron chi connectivity index (χ0n) is 12.7. The van der Waals surface area contributed by atoms with E-state index < -0.39 is 0 Å². The molecule has 0 spiro atoms. The second-order valence-corrected chi connectivity index (χ2v) is 5.24. The van der Waals surface area contributed by atoms with Crippen molar-refractivity contribution in [2.24, 2.45) is 0 Å². The Balaban J connectivity index is 1.74. The van der Waals surface area contributed by atoms with Gasteiger partial charge in [-0.2, -0.15) is 4.98 Å². The molecule has 2 aromatic heterocycles. The van der Waals surface area contributed by atoms with Crippen molar-refractivity contribution in [3.05, 3.63) is 65.8 Å². The first-order valence-electron chi connectivity index (χ1n) is 7.35. The lowest BCUT2D eigenvalue weighted by atomic mass is 9.64. The first-order chi connectivity index (χ1) is 11.8. The van der Waals surface area contributed by atoms with Crippen molar-refractivity contribution >= 4 is 13.7 Å². The Morgan fingerprint density at radius 3 is 2.92 bits per heavy atom. The van der Waals surface area contributed by atoms with Gasteiger partial charge in [-0.25, -0.2) is 10.2 Å². The smallest absolute Gasteiger partial charge is 0.268 e. The average Bonchev–Trinajstić information content (AvgIpc) is 3.25. The van der Waals surface area contributed by atoms with Crippen molar-refractivity contribution < 1.29 is 9.32 Å². The van der Waals surface area contributed by atoms with E-state index in [0.29, 0.717) is 36.7 Å². The van der Waals surface area contributed by atoms with Crippen LogP contribution in [-0.4, -0.2) is 33.4 Å². The van der Waals surface area contributed by atoms with Crippen LogP contribution in [-0.2, 0) is 17.6 Å². The molecule has 0 amide bonds. The lowest BCUT2D eigenvalue weighted by Crippen LogP contribution is -2.11. The van der Waals surface area contributed by atoms with Gasteiger partial charge in [0.15, 0.2) is 5.82 Å². The van der Waals surface area contributed by atoms with Gasteiger partial charge in [-0.3, -0.25) is 9.36 Å². The first-order valence-corrected chi connectivity index (χ1v) is 7.35. The molecule has 0 aliphatic rings. The maximum Gasteiger partial charge on any atom is 0.268 e. The molecule has 0 aliphatic carbocycles. The van der Waals surface area contributed by atoms with E-state index in [1.165, 1.54) is 18.2 Å². The fourth-order valence-electron chi connectivity index (χ4n) is 2.34. The second-order valence-electron chi connectivity index (χ2n) is 5.24. The van der Waals surface area contributed by atoms with Crippen molar-refractivity contribution in [3.63, 3.8) is 0 Å². The Hall–Kier alpha value is -3.21. The summed E-state index contributed by atoms with van der Waals surface area (Å²) < 4.78 is 6.62. The summed E-state index contributed by atoms with van der Waals surface area (Å²) in [6.07, 6.45) is 4.64. The highest BCUT2D eigenvalue weighted by Crippen LogP contribution is 2.18. The minimum Gasteiger partial charge on any atom is -0.340 e. The maximum absolute atomic E-state index is 10.7. The predicted octanol–water partition coefficient (Wildman–Crippen LogP) is 1.36.